The lowest BCUT2D eigenvalue weighted by Gasteiger charge is -2.46. The first-order chi connectivity index (χ1) is 18.3. The fraction of sp³-hybridized carbons (Fsp3) is 0.538. The number of likely N-dealkylation sites (tertiary alicyclic amines) is 1. The summed E-state index contributed by atoms with van der Waals surface area (Å²) >= 11 is 0. The fourth-order valence-electron chi connectivity index (χ4n) is 5.69. The molecule has 3 aliphatic rings. The highest BCUT2D eigenvalue weighted by Gasteiger charge is 2.33. The van der Waals surface area contributed by atoms with E-state index >= 15 is 0 Å². The average Bonchev–Trinajstić information content (AvgIpc) is 3.51. The number of ether oxygens (including phenoxy) is 2. The predicted molar refractivity (Wildman–Crippen MR) is 140 cm³/mol. The van der Waals surface area contributed by atoms with Gasteiger partial charge < -0.3 is 19.4 Å². The molecule has 3 fully saturated rings. The molecule has 3 aliphatic heterocycles. The number of imidazole rings is 2. The van der Waals surface area contributed by atoms with Crippen molar-refractivity contribution in [2.75, 3.05) is 70.6 Å². The van der Waals surface area contributed by atoms with Crippen LogP contribution in [0.4, 0.5) is 5.82 Å². The Morgan fingerprint density at radius 2 is 1.68 bits per heavy atom. The number of nitrogens with zero attached hydrogens (tertiary/aromatic N) is 8. The smallest absolute Gasteiger partial charge is 0.239 e. The number of fused-ring (bicyclic) bond motifs is 2. The molecule has 0 aliphatic carbocycles. The largest absolute Gasteiger partial charge is 0.379 e. The third-order valence-corrected chi connectivity index (χ3v) is 7.70. The van der Waals surface area contributed by atoms with E-state index in [9.17, 15) is 0 Å². The second kappa shape index (κ2) is 9.64. The molecule has 4 aromatic rings. The Labute approximate surface area is 215 Å². The Balaban J connectivity index is 1.23. The normalized spacial score (nSPS) is 20.2. The number of para-hydroxylation sites is 2. The lowest BCUT2D eigenvalue weighted by atomic mass is 10.1. The number of morpholine rings is 2. The number of aromatic amines is 1. The van der Waals surface area contributed by atoms with Gasteiger partial charge in [0.05, 0.1) is 44.0 Å². The number of nitrogens with one attached hydrogen (secondary N) is 1. The lowest BCUT2D eigenvalue weighted by molar-refractivity contribution is -0.0349. The Bertz CT molecular complexity index is 1400. The summed E-state index contributed by atoms with van der Waals surface area (Å²) in [5, 5.41) is 0. The highest BCUT2D eigenvalue weighted by molar-refractivity contribution is 5.85. The molecule has 11 nitrogen and oxygen atoms in total. The molecule has 6 heterocycles. The van der Waals surface area contributed by atoms with E-state index in [1.54, 1.807) is 0 Å². The molecule has 3 saturated heterocycles. The second-order valence-corrected chi connectivity index (χ2v) is 10.0. The quantitative estimate of drug-likeness (QED) is 0.421. The summed E-state index contributed by atoms with van der Waals surface area (Å²) in [5.41, 5.74) is 3.56. The number of hydrogen-bond acceptors (Lipinski definition) is 9. The van der Waals surface area contributed by atoms with Crippen LogP contribution < -0.4 is 4.90 Å². The number of anilines is 1. The van der Waals surface area contributed by atoms with Gasteiger partial charge in [0.15, 0.2) is 11.5 Å². The van der Waals surface area contributed by atoms with Crippen molar-refractivity contribution in [2.24, 2.45) is 0 Å². The van der Waals surface area contributed by atoms with Gasteiger partial charge in [-0.3, -0.25) is 14.4 Å². The molecule has 11 heteroatoms. The van der Waals surface area contributed by atoms with E-state index in [0.717, 1.165) is 99.5 Å². The number of rotatable bonds is 6. The Morgan fingerprint density at radius 1 is 0.919 bits per heavy atom. The molecular weight excluding hydrogens is 470 g/mol. The molecule has 0 bridgehead atoms. The number of H-pyrrole nitrogens is 1. The summed E-state index contributed by atoms with van der Waals surface area (Å²) in [6.45, 7) is 11.7. The molecule has 1 aromatic carbocycles. The van der Waals surface area contributed by atoms with Crippen molar-refractivity contribution in [2.45, 2.75) is 25.9 Å². The Morgan fingerprint density at radius 3 is 2.46 bits per heavy atom. The summed E-state index contributed by atoms with van der Waals surface area (Å²) < 4.78 is 13.2. The van der Waals surface area contributed by atoms with Gasteiger partial charge in [-0.15, -0.1) is 0 Å². The molecule has 7 rings (SSSR count). The minimum absolute atomic E-state index is 0.616. The van der Waals surface area contributed by atoms with E-state index in [4.69, 9.17) is 29.4 Å². The van der Waals surface area contributed by atoms with Crippen LogP contribution in [0.2, 0.25) is 0 Å². The standard InChI is InChI=1S/C26H33N9O2/c1-2-22-27-19-5-3-4-6-20(19)35(22)26-30-24-23(25(31-26)34-9-13-37-14-10-34)28-21(29-24)17-32-15-18(16-32)33-7-11-36-12-8-33/h3-6,18H,2,7-17H2,1H3,(H,28,29,30,31). The lowest BCUT2D eigenvalue weighted by Crippen LogP contribution is -2.60. The zero-order valence-electron chi connectivity index (χ0n) is 21.3. The topological polar surface area (TPSA) is 100 Å². The third kappa shape index (κ3) is 4.25. The molecule has 0 atom stereocenters. The van der Waals surface area contributed by atoms with Crippen molar-refractivity contribution in [1.82, 2.24) is 39.3 Å². The van der Waals surface area contributed by atoms with Crippen LogP contribution in [0.15, 0.2) is 24.3 Å². The van der Waals surface area contributed by atoms with Crippen LogP contribution >= 0.6 is 0 Å². The minimum atomic E-state index is 0.616. The fourth-order valence-corrected chi connectivity index (χ4v) is 5.69. The van der Waals surface area contributed by atoms with Gasteiger partial charge >= 0.3 is 0 Å². The van der Waals surface area contributed by atoms with Gasteiger partial charge in [-0.25, -0.2) is 9.97 Å². The Hall–Kier alpha value is -3.12. The van der Waals surface area contributed by atoms with Gasteiger partial charge in [0, 0.05) is 51.7 Å². The van der Waals surface area contributed by atoms with Gasteiger partial charge in [0.2, 0.25) is 5.95 Å². The molecule has 194 valence electrons. The molecule has 0 saturated carbocycles. The SMILES string of the molecule is CCc1nc2ccccc2n1-c1nc(N2CCOCC2)c2[nH]c(CN3CC(N4CCOCC4)C3)nc2n1. The second-order valence-electron chi connectivity index (χ2n) is 10.0. The number of aromatic nitrogens is 6. The van der Waals surface area contributed by atoms with Crippen molar-refractivity contribution in [1.29, 1.82) is 0 Å². The molecule has 37 heavy (non-hydrogen) atoms. The molecule has 3 aromatic heterocycles. The maximum absolute atomic E-state index is 5.63. The van der Waals surface area contributed by atoms with Crippen molar-refractivity contribution < 1.29 is 9.47 Å². The number of hydrogen-bond donors (Lipinski definition) is 1. The van der Waals surface area contributed by atoms with E-state index < -0.39 is 0 Å². The van der Waals surface area contributed by atoms with Gasteiger partial charge in [0.25, 0.3) is 0 Å². The van der Waals surface area contributed by atoms with Crippen LogP contribution in [0.25, 0.3) is 28.1 Å². The molecule has 0 radical (unpaired) electrons. The maximum atomic E-state index is 5.63. The first kappa shape index (κ1) is 23.0. The summed E-state index contributed by atoms with van der Waals surface area (Å²) in [5.74, 6) is 3.38. The molecule has 0 spiro atoms. The van der Waals surface area contributed by atoms with Gasteiger partial charge in [-0.1, -0.05) is 19.1 Å². The molecular formula is C26H33N9O2. The average molecular weight is 504 g/mol. The predicted octanol–water partition coefficient (Wildman–Crippen LogP) is 1.61. The van der Waals surface area contributed by atoms with Gasteiger partial charge in [0.1, 0.15) is 17.2 Å². The monoisotopic (exact) mass is 503 g/mol. The number of aryl methyl sites for hydroxylation is 1. The Kier molecular flexibility index (Phi) is 6.00. The van der Waals surface area contributed by atoms with Crippen LogP contribution in [0.1, 0.15) is 18.6 Å². The van der Waals surface area contributed by atoms with E-state index in [-0.39, 0.29) is 0 Å². The number of benzene rings is 1. The minimum Gasteiger partial charge on any atom is -0.379 e. The maximum Gasteiger partial charge on any atom is 0.239 e. The summed E-state index contributed by atoms with van der Waals surface area (Å²) in [4.78, 5) is 30.7. The molecule has 0 unspecified atom stereocenters. The van der Waals surface area contributed by atoms with Gasteiger partial charge in [-0.05, 0) is 12.1 Å². The van der Waals surface area contributed by atoms with Gasteiger partial charge in [-0.2, -0.15) is 9.97 Å². The van der Waals surface area contributed by atoms with E-state index in [1.165, 1.54) is 0 Å². The van der Waals surface area contributed by atoms with Crippen LogP contribution in [0, 0.1) is 0 Å². The van der Waals surface area contributed by atoms with Crippen molar-refractivity contribution in [3.8, 4) is 5.95 Å². The van der Waals surface area contributed by atoms with Crippen LogP contribution in [-0.4, -0.2) is 111 Å². The highest BCUT2D eigenvalue weighted by atomic mass is 16.5. The van der Waals surface area contributed by atoms with Crippen molar-refractivity contribution in [3.63, 3.8) is 0 Å². The summed E-state index contributed by atoms with van der Waals surface area (Å²) in [6.07, 6.45) is 0.786. The van der Waals surface area contributed by atoms with Crippen LogP contribution in [-0.2, 0) is 22.4 Å². The van der Waals surface area contributed by atoms with Crippen LogP contribution in [0.3, 0.4) is 0 Å². The van der Waals surface area contributed by atoms with E-state index in [1.807, 2.05) is 18.2 Å². The first-order valence-corrected chi connectivity index (χ1v) is 13.4. The zero-order chi connectivity index (χ0) is 24.8. The zero-order valence-corrected chi connectivity index (χ0v) is 21.3. The van der Waals surface area contributed by atoms with Crippen molar-refractivity contribution in [3.05, 3.63) is 35.9 Å². The highest BCUT2D eigenvalue weighted by Crippen LogP contribution is 2.28. The molecule has 1 N–H and O–H groups in total. The third-order valence-electron chi connectivity index (χ3n) is 7.70. The first-order valence-electron chi connectivity index (χ1n) is 13.4. The summed E-state index contributed by atoms with van der Waals surface area (Å²) in [6, 6.07) is 8.78. The van der Waals surface area contributed by atoms with Crippen LogP contribution in [0.5, 0.6) is 0 Å². The van der Waals surface area contributed by atoms with Crippen molar-refractivity contribution >= 4 is 28.0 Å². The van der Waals surface area contributed by atoms with E-state index in [0.29, 0.717) is 30.9 Å². The van der Waals surface area contributed by atoms with E-state index in [2.05, 4.69) is 37.2 Å². The molecule has 0 amide bonds. The summed E-state index contributed by atoms with van der Waals surface area (Å²) in [7, 11) is 0.